The first-order valence-corrected chi connectivity index (χ1v) is 5.03. The van der Waals surface area contributed by atoms with Gasteiger partial charge in [-0.3, -0.25) is 9.59 Å². The number of nitrogens with two attached hydrogens (primary N) is 1. The number of anilines is 1. The van der Waals surface area contributed by atoms with Crippen molar-refractivity contribution in [2.75, 3.05) is 19.3 Å². The molecule has 4 N–H and O–H groups in total. The first-order chi connectivity index (χ1) is 7.13. The van der Waals surface area contributed by atoms with Crippen LogP contribution in [0, 0.1) is 0 Å². The SMILES string of the molecule is CNC(=O)CCNC(=O)c1nnc(N)s1. The summed E-state index contributed by atoms with van der Waals surface area (Å²) in [5.74, 6) is -0.500. The van der Waals surface area contributed by atoms with Crippen molar-refractivity contribution in [3.05, 3.63) is 5.01 Å². The number of carbonyl (C=O) groups excluding carboxylic acids is 2. The van der Waals surface area contributed by atoms with Gasteiger partial charge in [0.05, 0.1) is 0 Å². The second-order valence-electron chi connectivity index (χ2n) is 2.62. The molecule has 0 bridgehead atoms. The van der Waals surface area contributed by atoms with Crippen molar-refractivity contribution < 1.29 is 9.59 Å². The maximum absolute atomic E-state index is 11.3. The van der Waals surface area contributed by atoms with Crippen molar-refractivity contribution in [3.8, 4) is 0 Å². The molecule has 15 heavy (non-hydrogen) atoms. The molecule has 1 heterocycles. The van der Waals surface area contributed by atoms with Gasteiger partial charge in [0.1, 0.15) is 0 Å². The average molecular weight is 229 g/mol. The van der Waals surface area contributed by atoms with E-state index in [2.05, 4.69) is 20.8 Å². The Kier molecular flexibility index (Phi) is 3.98. The molecule has 7 nitrogen and oxygen atoms in total. The van der Waals surface area contributed by atoms with E-state index in [1.807, 2.05) is 0 Å². The molecule has 82 valence electrons. The summed E-state index contributed by atoms with van der Waals surface area (Å²) < 4.78 is 0. The lowest BCUT2D eigenvalue weighted by atomic mass is 10.4. The van der Waals surface area contributed by atoms with Crippen LogP contribution in [0.4, 0.5) is 5.13 Å². The molecular formula is C7H11N5O2S. The van der Waals surface area contributed by atoms with Gasteiger partial charge in [-0.15, -0.1) is 10.2 Å². The summed E-state index contributed by atoms with van der Waals surface area (Å²) in [4.78, 5) is 22.2. The van der Waals surface area contributed by atoms with Gasteiger partial charge in [0.25, 0.3) is 5.91 Å². The van der Waals surface area contributed by atoms with Crippen LogP contribution >= 0.6 is 11.3 Å². The van der Waals surface area contributed by atoms with Crippen LogP contribution in [0.5, 0.6) is 0 Å². The number of amides is 2. The topological polar surface area (TPSA) is 110 Å². The molecule has 1 aromatic rings. The van der Waals surface area contributed by atoms with Gasteiger partial charge in [-0.2, -0.15) is 0 Å². The molecule has 0 aliphatic heterocycles. The highest BCUT2D eigenvalue weighted by molar-refractivity contribution is 7.16. The van der Waals surface area contributed by atoms with Crippen molar-refractivity contribution in [2.24, 2.45) is 0 Å². The maximum atomic E-state index is 11.3. The van der Waals surface area contributed by atoms with E-state index >= 15 is 0 Å². The molecule has 1 rings (SSSR count). The van der Waals surface area contributed by atoms with Gasteiger partial charge in [0.15, 0.2) is 0 Å². The normalized spacial score (nSPS) is 9.67. The van der Waals surface area contributed by atoms with E-state index in [1.54, 1.807) is 0 Å². The second-order valence-corrected chi connectivity index (χ2v) is 3.63. The summed E-state index contributed by atoms with van der Waals surface area (Å²) in [5, 5.41) is 12.5. The van der Waals surface area contributed by atoms with E-state index in [-0.39, 0.29) is 34.9 Å². The smallest absolute Gasteiger partial charge is 0.282 e. The number of aromatic nitrogens is 2. The number of nitrogens with one attached hydrogen (secondary N) is 2. The molecule has 1 aromatic heterocycles. The lowest BCUT2D eigenvalue weighted by molar-refractivity contribution is -0.120. The number of rotatable bonds is 4. The van der Waals surface area contributed by atoms with Crippen LogP contribution in [0.3, 0.4) is 0 Å². The predicted molar refractivity (Wildman–Crippen MR) is 55.3 cm³/mol. The standard InChI is InChI=1S/C7H11N5O2S/c1-9-4(13)2-3-10-5(14)6-11-12-7(8)15-6/h2-3H2,1H3,(H2,8,12)(H,9,13)(H,10,14). The van der Waals surface area contributed by atoms with E-state index in [9.17, 15) is 9.59 Å². The van der Waals surface area contributed by atoms with Gasteiger partial charge in [-0.05, 0) is 0 Å². The summed E-state index contributed by atoms with van der Waals surface area (Å²) in [6.45, 7) is 0.262. The summed E-state index contributed by atoms with van der Waals surface area (Å²) >= 11 is 1.00. The van der Waals surface area contributed by atoms with Crippen molar-refractivity contribution in [3.63, 3.8) is 0 Å². The molecule has 8 heteroatoms. The highest BCUT2D eigenvalue weighted by Gasteiger charge is 2.10. The Bertz CT molecular complexity index is 364. The molecule has 0 saturated heterocycles. The molecule has 0 aliphatic rings. The molecule has 0 aromatic carbocycles. The molecule has 0 spiro atoms. The Morgan fingerprint density at radius 2 is 2.20 bits per heavy atom. The van der Waals surface area contributed by atoms with Gasteiger partial charge in [0.2, 0.25) is 16.0 Å². The Labute approximate surface area is 90.1 Å². The fraction of sp³-hybridized carbons (Fsp3) is 0.429. The zero-order chi connectivity index (χ0) is 11.3. The molecule has 0 radical (unpaired) electrons. The van der Waals surface area contributed by atoms with Crippen molar-refractivity contribution in [1.82, 2.24) is 20.8 Å². The summed E-state index contributed by atoms with van der Waals surface area (Å²) in [6.07, 6.45) is 0.233. The summed E-state index contributed by atoms with van der Waals surface area (Å²) in [6, 6.07) is 0. The highest BCUT2D eigenvalue weighted by Crippen LogP contribution is 2.09. The maximum Gasteiger partial charge on any atom is 0.282 e. The number of nitrogens with zero attached hydrogens (tertiary/aromatic N) is 2. The van der Waals surface area contributed by atoms with Crippen LogP contribution in [-0.4, -0.2) is 35.6 Å². The van der Waals surface area contributed by atoms with Gasteiger partial charge in [-0.25, -0.2) is 0 Å². The van der Waals surface area contributed by atoms with Crippen LogP contribution < -0.4 is 16.4 Å². The van der Waals surface area contributed by atoms with Crippen LogP contribution in [0.25, 0.3) is 0 Å². The Morgan fingerprint density at radius 1 is 1.47 bits per heavy atom. The number of nitrogen functional groups attached to an aromatic ring is 1. The number of carbonyl (C=O) groups is 2. The highest BCUT2D eigenvalue weighted by atomic mass is 32.1. The van der Waals surface area contributed by atoms with E-state index in [1.165, 1.54) is 7.05 Å². The zero-order valence-electron chi connectivity index (χ0n) is 8.11. The zero-order valence-corrected chi connectivity index (χ0v) is 8.93. The summed E-state index contributed by atoms with van der Waals surface area (Å²) in [7, 11) is 1.54. The Morgan fingerprint density at radius 3 is 2.73 bits per heavy atom. The minimum Gasteiger partial charge on any atom is -0.374 e. The first-order valence-electron chi connectivity index (χ1n) is 4.21. The number of hydrogen-bond donors (Lipinski definition) is 3. The second kappa shape index (κ2) is 5.25. The van der Waals surface area contributed by atoms with Crippen molar-refractivity contribution in [2.45, 2.75) is 6.42 Å². The molecule has 2 amide bonds. The first kappa shape index (κ1) is 11.4. The third-order valence-corrected chi connectivity index (χ3v) is 2.30. The molecule has 0 unspecified atom stereocenters. The fourth-order valence-electron chi connectivity index (χ4n) is 0.817. The monoisotopic (exact) mass is 229 g/mol. The van der Waals surface area contributed by atoms with Crippen LogP contribution in [0.2, 0.25) is 0 Å². The van der Waals surface area contributed by atoms with Crippen LogP contribution in [-0.2, 0) is 4.79 Å². The minimum absolute atomic E-state index is 0.132. The van der Waals surface area contributed by atoms with Crippen LogP contribution in [0.15, 0.2) is 0 Å². The Balaban J connectivity index is 2.34. The molecule has 0 atom stereocenters. The largest absolute Gasteiger partial charge is 0.374 e. The van der Waals surface area contributed by atoms with Crippen molar-refractivity contribution >= 4 is 28.3 Å². The van der Waals surface area contributed by atoms with E-state index in [0.29, 0.717) is 0 Å². The number of hydrogen-bond acceptors (Lipinski definition) is 6. The van der Waals surface area contributed by atoms with Gasteiger partial charge in [0, 0.05) is 20.0 Å². The third-order valence-electron chi connectivity index (χ3n) is 1.55. The third kappa shape index (κ3) is 3.50. The van der Waals surface area contributed by atoms with Gasteiger partial charge < -0.3 is 16.4 Å². The molecule has 0 aliphatic carbocycles. The fourth-order valence-corrected chi connectivity index (χ4v) is 1.34. The van der Waals surface area contributed by atoms with Gasteiger partial charge >= 0.3 is 0 Å². The average Bonchev–Trinajstić information content (AvgIpc) is 2.64. The van der Waals surface area contributed by atoms with E-state index in [4.69, 9.17) is 5.73 Å². The van der Waals surface area contributed by atoms with E-state index in [0.717, 1.165) is 11.3 Å². The molecular weight excluding hydrogens is 218 g/mol. The van der Waals surface area contributed by atoms with E-state index < -0.39 is 0 Å². The minimum atomic E-state index is -0.367. The lowest BCUT2D eigenvalue weighted by Crippen LogP contribution is -2.29. The molecule has 0 saturated carbocycles. The van der Waals surface area contributed by atoms with Crippen molar-refractivity contribution in [1.29, 1.82) is 0 Å². The Hall–Kier alpha value is -1.70. The predicted octanol–water partition coefficient (Wildman–Crippen LogP) is -1.01. The summed E-state index contributed by atoms with van der Waals surface area (Å²) in [5.41, 5.74) is 5.32. The molecule has 0 fully saturated rings. The quantitative estimate of drug-likeness (QED) is 0.612. The van der Waals surface area contributed by atoms with Crippen LogP contribution in [0.1, 0.15) is 16.2 Å². The van der Waals surface area contributed by atoms with Gasteiger partial charge in [-0.1, -0.05) is 11.3 Å². The lowest BCUT2D eigenvalue weighted by Gasteiger charge is -2.01.